The zero-order valence-corrected chi connectivity index (χ0v) is 16.7. The van der Waals surface area contributed by atoms with Crippen molar-refractivity contribution in [2.24, 2.45) is 35.5 Å². The molecule has 2 aromatic rings. The van der Waals surface area contributed by atoms with Crippen LogP contribution in [0.3, 0.4) is 0 Å². The number of benzene rings is 1. The Bertz CT molecular complexity index is 1090. The largest absolute Gasteiger partial charge is 0.494 e. The molecule has 7 rings (SSSR count). The molecule has 6 atom stereocenters. The molecule has 1 aliphatic heterocycles. The Morgan fingerprint density at radius 3 is 2.48 bits per heavy atom. The van der Waals surface area contributed by atoms with Crippen LogP contribution in [-0.2, 0) is 14.4 Å². The molecule has 0 unspecified atom stereocenters. The van der Waals surface area contributed by atoms with Crippen LogP contribution in [-0.4, -0.2) is 56.5 Å². The summed E-state index contributed by atoms with van der Waals surface area (Å²) < 4.78 is 6.74. The number of nitrogens with zero attached hydrogens (tertiary/aromatic N) is 5. The molecule has 0 radical (unpaired) electrons. The van der Waals surface area contributed by atoms with Crippen LogP contribution < -0.4 is 10.1 Å². The third kappa shape index (κ3) is 2.63. The van der Waals surface area contributed by atoms with E-state index in [0.717, 1.165) is 11.3 Å². The average molecular weight is 420 g/mol. The Morgan fingerprint density at radius 2 is 1.87 bits per heavy atom. The molecule has 1 aromatic carbocycles. The van der Waals surface area contributed by atoms with E-state index >= 15 is 0 Å². The second-order valence-electron chi connectivity index (χ2n) is 8.61. The van der Waals surface area contributed by atoms with Crippen molar-refractivity contribution >= 4 is 23.4 Å². The van der Waals surface area contributed by atoms with Gasteiger partial charge in [-0.05, 0) is 58.7 Å². The van der Waals surface area contributed by atoms with Crippen molar-refractivity contribution in [3.05, 3.63) is 36.7 Å². The number of hydrogen-bond acceptors (Lipinski definition) is 7. The van der Waals surface area contributed by atoms with E-state index in [0.29, 0.717) is 29.0 Å². The van der Waals surface area contributed by atoms with Gasteiger partial charge in [0, 0.05) is 5.69 Å². The highest BCUT2D eigenvalue weighted by Crippen LogP contribution is 2.65. The number of likely N-dealkylation sites (tertiary alicyclic amines) is 1. The maximum atomic E-state index is 13.0. The van der Waals surface area contributed by atoms with Gasteiger partial charge in [0.25, 0.3) is 0 Å². The molecular weight excluding hydrogens is 400 g/mol. The molecule has 2 heterocycles. The molecule has 158 valence electrons. The summed E-state index contributed by atoms with van der Waals surface area (Å²) in [6.07, 6.45) is 6.76. The topological polar surface area (TPSA) is 119 Å². The molecule has 10 heteroatoms. The van der Waals surface area contributed by atoms with E-state index < -0.39 is 5.91 Å². The first-order valence-electron chi connectivity index (χ1n) is 10.3. The minimum Gasteiger partial charge on any atom is -0.494 e. The van der Waals surface area contributed by atoms with Crippen LogP contribution >= 0.6 is 0 Å². The van der Waals surface area contributed by atoms with Crippen LogP contribution in [0.2, 0.25) is 0 Å². The summed E-state index contributed by atoms with van der Waals surface area (Å²) in [5.41, 5.74) is 1.03. The van der Waals surface area contributed by atoms with Crippen molar-refractivity contribution in [2.45, 2.75) is 6.42 Å². The Hall–Kier alpha value is -3.56. The number of allylic oxidation sites excluding steroid dienone is 2. The van der Waals surface area contributed by atoms with Gasteiger partial charge in [0.15, 0.2) is 0 Å². The number of ether oxygens (including phenoxy) is 1. The van der Waals surface area contributed by atoms with E-state index in [1.54, 1.807) is 18.2 Å². The minimum atomic E-state index is -0.432. The lowest BCUT2D eigenvalue weighted by molar-refractivity contribution is -0.142. The Morgan fingerprint density at radius 1 is 1.16 bits per heavy atom. The van der Waals surface area contributed by atoms with Crippen LogP contribution in [0.5, 0.6) is 5.75 Å². The third-order valence-electron chi connectivity index (χ3n) is 7.11. The summed E-state index contributed by atoms with van der Waals surface area (Å²) in [7, 11) is 1.53. The number of nitrogens with one attached hydrogen (secondary N) is 1. The van der Waals surface area contributed by atoms with Gasteiger partial charge in [-0.2, -0.15) is 4.68 Å². The lowest BCUT2D eigenvalue weighted by atomic mass is 9.63. The van der Waals surface area contributed by atoms with Crippen molar-refractivity contribution in [1.82, 2.24) is 25.1 Å². The minimum absolute atomic E-state index is 0.143. The predicted octanol–water partition coefficient (Wildman–Crippen LogP) is 0.662. The van der Waals surface area contributed by atoms with Crippen LogP contribution in [0.1, 0.15) is 6.42 Å². The smallest absolute Gasteiger partial charge is 0.244 e. The van der Waals surface area contributed by atoms with E-state index in [2.05, 4.69) is 33.0 Å². The molecule has 3 amide bonds. The number of aromatic nitrogens is 4. The molecule has 1 N–H and O–H groups in total. The number of rotatable bonds is 5. The van der Waals surface area contributed by atoms with Gasteiger partial charge in [0.1, 0.15) is 24.3 Å². The van der Waals surface area contributed by atoms with Crippen molar-refractivity contribution in [3.8, 4) is 11.4 Å². The first kappa shape index (κ1) is 18.2. The molecule has 31 heavy (non-hydrogen) atoms. The van der Waals surface area contributed by atoms with Crippen LogP contribution in [0.15, 0.2) is 36.7 Å². The quantitative estimate of drug-likeness (QED) is 0.557. The van der Waals surface area contributed by atoms with E-state index in [4.69, 9.17) is 4.74 Å². The monoisotopic (exact) mass is 420 g/mol. The van der Waals surface area contributed by atoms with E-state index in [1.807, 2.05) is 0 Å². The first-order valence-corrected chi connectivity index (χ1v) is 10.3. The van der Waals surface area contributed by atoms with Crippen LogP contribution in [0.25, 0.3) is 5.69 Å². The summed E-state index contributed by atoms with van der Waals surface area (Å²) in [6.45, 7) is -0.286. The molecule has 4 aliphatic carbocycles. The highest BCUT2D eigenvalue weighted by atomic mass is 16.5. The van der Waals surface area contributed by atoms with Gasteiger partial charge < -0.3 is 10.1 Å². The number of hydrogen-bond donors (Lipinski definition) is 1. The number of amides is 3. The average Bonchev–Trinajstić information content (AvgIpc) is 3.36. The number of imide groups is 1. The van der Waals surface area contributed by atoms with Crippen molar-refractivity contribution < 1.29 is 19.1 Å². The maximum Gasteiger partial charge on any atom is 0.244 e. The van der Waals surface area contributed by atoms with Gasteiger partial charge in [-0.25, -0.2) is 0 Å². The zero-order chi connectivity index (χ0) is 21.3. The number of tetrazole rings is 1. The van der Waals surface area contributed by atoms with Gasteiger partial charge in [-0.1, -0.05) is 12.2 Å². The molecule has 2 saturated carbocycles. The second kappa shape index (κ2) is 6.47. The first-order chi connectivity index (χ1) is 15.1. The Labute approximate surface area is 177 Å². The third-order valence-corrected chi connectivity index (χ3v) is 7.11. The van der Waals surface area contributed by atoms with Crippen molar-refractivity contribution in [3.63, 3.8) is 0 Å². The molecule has 3 fully saturated rings. The van der Waals surface area contributed by atoms with E-state index in [9.17, 15) is 14.4 Å². The van der Waals surface area contributed by atoms with E-state index in [-0.39, 0.29) is 42.0 Å². The Balaban J connectivity index is 1.19. The maximum absolute atomic E-state index is 13.0. The molecular formula is C21H20N6O4. The van der Waals surface area contributed by atoms with E-state index in [1.165, 1.54) is 18.1 Å². The second-order valence-corrected chi connectivity index (χ2v) is 8.61. The van der Waals surface area contributed by atoms with Crippen molar-refractivity contribution in [2.75, 3.05) is 19.0 Å². The number of anilines is 1. The standard InChI is InChI=1S/C21H20N6O4/c1-31-16-5-2-10(6-15(16)27-9-22-24-25-27)23-17(28)8-26-20(29)18-11-3-4-12(14-7-13(11)14)19(18)21(26)30/h2-6,9,11-14,18-19H,7-8H2,1H3,(H,23,28)/t11-,12-,13-,14-,18-,19+/m0/s1. The van der Waals surface area contributed by atoms with Gasteiger partial charge in [0.2, 0.25) is 17.7 Å². The molecule has 1 aromatic heterocycles. The van der Waals surface area contributed by atoms with Crippen LogP contribution in [0, 0.1) is 35.5 Å². The zero-order valence-electron chi connectivity index (χ0n) is 16.7. The summed E-state index contributed by atoms with van der Waals surface area (Å²) in [5, 5.41) is 13.8. The van der Waals surface area contributed by atoms with Crippen LogP contribution in [0.4, 0.5) is 5.69 Å². The summed E-state index contributed by atoms with van der Waals surface area (Å²) in [6, 6.07) is 5.02. The highest BCUT2D eigenvalue weighted by Gasteiger charge is 2.67. The van der Waals surface area contributed by atoms with Gasteiger partial charge in [-0.3, -0.25) is 19.3 Å². The normalized spacial score (nSPS) is 32.1. The van der Waals surface area contributed by atoms with Crippen molar-refractivity contribution in [1.29, 1.82) is 0 Å². The molecule has 0 spiro atoms. The summed E-state index contributed by atoms with van der Waals surface area (Å²) in [5.74, 6) is 0.432. The molecule has 2 bridgehead atoms. The SMILES string of the molecule is COc1ccc(NC(=O)CN2C(=O)[C@@H]3[C@H]4C=C[C@@H]([C@@H]5C[C@@H]45)[C@@H]3C2=O)cc1-n1cnnn1. The molecule has 1 saturated heterocycles. The number of methoxy groups -OCH3 is 1. The lowest BCUT2D eigenvalue weighted by Gasteiger charge is -2.37. The number of carbonyl (C=O) groups excluding carboxylic acids is 3. The fourth-order valence-corrected chi connectivity index (χ4v) is 5.74. The molecule has 10 nitrogen and oxygen atoms in total. The lowest BCUT2D eigenvalue weighted by Crippen LogP contribution is -2.40. The Kier molecular flexibility index (Phi) is 3.80. The highest BCUT2D eigenvalue weighted by molar-refractivity contribution is 6.09. The van der Waals surface area contributed by atoms with Gasteiger partial charge in [0.05, 0.1) is 18.9 Å². The fraction of sp³-hybridized carbons (Fsp3) is 0.429. The van der Waals surface area contributed by atoms with Gasteiger partial charge in [-0.15, -0.1) is 5.10 Å². The summed E-state index contributed by atoms with van der Waals surface area (Å²) >= 11 is 0. The summed E-state index contributed by atoms with van der Waals surface area (Å²) in [4.78, 5) is 39.9. The fourth-order valence-electron chi connectivity index (χ4n) is 5.74. The molecule has 5 aliphatic rings. The van der Waals surface area contributed by atoms with Gasteiger partial charge >= 0.3 is 0 Å². The predicted molar refractivity (Wildman–Crippen MR) is 106 cm³/mol. The number of carbonyl (C=O) groups is 3.